The van der Waals surface area contributed by atoms with E-state index in [2.05, 4.69) is 11.0 Å². The third-order valence-corrected chi connectivity index (χ3v) is 4.98. The predicted octanol–water partition coefficient (Wildman–Crippen LogP) is 2.22. The monoisotopic (exact) mass is 327 g/mol. The number of amides is 1. The minimum Gasteiger partial charge on any atom is -0.484 e. The zero-order chi connectivity index (χ0) is 16.8. The molecule has 0 aliphatic carbocycles. The molecule has 2 fully saturated rings. The molecule has 0 spiro atoms. The van der Waals surface area contributed by atoms with Gasteiger partial charge in [-0.2, -0.15) is 5.26 Å². The quantitative estimate of drug-likeness (QED) is 0.832. The Morgan fingerprint density at radius 1 is 1.17 bits per heavy atom. The lowest BCUT2D eigenvalue weighted by atomic mass is 10.0. The van der Waals surface area contributed by atoms with Crippen molar-refractivity contribution in [2.45, 2.75) is 38.1 Å². The van der Waals surface area contributed by atoms with Crippen LogP contribution in [0.2, 0.25) is 0 Å². The van der Waals surface area contributed by atoms with Crippen molar-refractivity contribution >= 4 is 5.91 Å². The largest absolute Gasteiger partial charge is 0.484 e. The second kappa shape index (κ2) is 8.16. The van der Waals surface area contributed by atoms with Crippen molar-refractivity contribution in [2.75, 3.05) is 32.8 Å². The Morgan fingerprint density at radius 2 is 1.92 bits per heavy atom. The molecule has 24 heavy (non-hydrogen) atoms. The fourth-order valence-electron chi connectivity index (χ4n) is 3.62. The van der Waals surface area contributed by atoms with Crippen molar-refractivity contribution in [3.05, 3.63) is 29.8 Å². The molecule has 0 N–H and O–H groups in total. The number of nitrogens with zero attached hydrogens (tertiary/aromatic N) is 3. The summed E-state index contributed by atoms with van der Waals surface area (Å²) in [5.74, 6) is 0.748. The van der Waals surface area contributed by atoms with Gasteiger partial charge in [0.2, 0.25) is 0 Å². The van der Waals surface area contributed by atoms with E-state index in [1.165, 1.54) is 32.4 Å². The van der Waals surface area contributed by atoms with Gasteiger partial charge >= 0.3 is 0 Å². The number of hydrogen-bond acceptors (Lipinski definition) is 4. The molecule has 1 amide bonds. The molecule has 2 aliphatic rings. The van der Waals surface area contributed by atoms with Crippen molar-refractivity contribution in [2.24, 2.45) is 0 Å². The van der Waals surface area contributed by atoms with Gasteiger partial charge in [-0.05, 0) is 56.5 Å². The summed E-state index contributed by atoms with van der Waals surface area (Å²) < 4.78 is 5.63. The third-order valence-electron chi connectivity index (χ3n) is 4.98. The molecule has 5 heteroatoms. The van der Waals surface area contributed by atoms with Gasteiger partial charge in [0, 0.05) is 19.1 Å². The van der Waals surface area contributed by atoms with Crippen molar-refractivity contribution in [3.8, 4) is 11.8 Å². The van der Waals surface area contributed by atoms with Crippen LogP contribution < -0.4 is 4.74 Å². The molecule has 3 rings (SSSR count). The van der Waals surface area contributed by atoms with E-state index < -0.39 is 0 Å². The lowest BCUT2D eigenvalue weighted by Gasteiger charge is -2.37. The molecule has 2 saturated heterocycles. The van der Waals surface area contributed by atoms with Crippen LogP contribution >= 0.6 is 0 Å². The summed E-state index contributed by atoms with van der Waals surface area (Å²) in [6.45, 7) is 4.12. The highest BCUT2D eigenvalue weighted by molar-refractivity contribution is 5.78. The van der Waals surface area contributed by atoms with Crippen molar-refractivity contribution in [3.63, 3.8) is 0 Å². The zero-order valence-corrected chi connectivity index (χ0v) is 14.1. The Bertz CT molecular complexity index is 588. The highest BCUT2D eigenvalue weighted by Gasteiger charge is 2.29. The highest BCUT2D eigenvalue weighted by Crippen LogP contribution is 2.21. The number of benzene rings is 1. The number of carbonyl (C=O) groups is 1. The van der Waals surface area contributed by atoms with Gasteiger partial charge in [-0.3, -0.25) is 9.69 Å². The molecule has 0 bridgehead atoms. The maximum absolute atomic E-state index is 12.4. The Morgan fingerprint density at radius 3 is 2.62 bits per heavy atom. The molecule has 5 nitrogen and oxygen atoms in total. The molecule has 128 valence electrons. The van der Waals surface area contributed by atoms with Gasteiger partial charge in [-0.15, -0.1) is 0 Å². The van der Waals surface area contributed by atoms with Gasteiger partial charge in [0.05, 0.1) is 12.5 Å². The second-order valence-electron chi connectivity index (χ2n) is 6.65. The molecular formula is C19H25N3O2. The van der Waals surface area contributed by atoms with E-state index in [4.69, 9.17) is 10.00 Å². The van der Waals surface area contributed by atoms with Crippen LogP contribution in [0.3, 0.4) is 0 Å². The van der Waals surface area contributed by atoms with Crippen LogP contribution in [-0.4, -0.2) is 54.5 Å². The van der Waals surface area contributed by atoms with Crippen LogP contribution in [0.1, 0.15) is 31.2 Å². The molecule has 1 unspecified atom stereocenters. The summed E-state index contributed by atoms with van der Waals surface area (Å²) in [5, 5.41) is 8.67. The Kier molecular flexibility index (Phi) is 5.71. The normalized spacial score (nSPS) is 21.5. The summed E-state index contributed by atoms with van der Waals surface area (Å²) in [7, 11) is 0. The molecular weight excluding hydrogens is 302 g/mol. The van der Waals surface area contributed by atoms with Gasteiger partial charge in [0.15, 0.2) is 6.61 Å². The van der Waals surface area contributed by atoms with E-state index >= 15 is 0 Å². The van der Waals surface area contributed by atoms with Gasteiger partial charge in [0.25, 0.3) is 5.91 Å². The van der Waals surface area contributed by atoms with Crippen LogP contribution in [-0.2, 0) is 11.2 Å². The Labute approximate surface area is 143 Å². The first kappa shape index (κ1) is 16.8. The lowest BCUT2D eigenvalue weighted by molar-refractivity contribution is -0.135. The van der Waals surface area contributed by atoms with E-state index in [1.54, 1.807) is 0 Å². The number of rotatable bonds is 5. The van der Waals surface area contributed by atoms with E-state index in [-0.39, 0.29) is 12.5 Å². The average Bonchev–Trinajstić information content (AvgIpc) is 3.16. The molecule has 0 saturated carbocycles. The van der Waals surface area contributed by atoms with E-state index in [1.807, 2.05) is 29.2 Å². The predicted molar refractivity (Wildman–Crippen MR) is 91.7 cm³/mol. The smallest absolute Gasteiger partial charge is 0.260 e. The van der Waals surface area contributed by atoms with E-state index in [0.29, 0.717) is 18.2 Å². The maximum atomic E-state index is 12.4. The Balaban J connectivity index is 1.48. The number of nitriles is 1. The number of carbonyl (C=O) groups excluding carboxylic acids is 1. The minimum absolute atomic E-state index is 0.0694. The van der Waals surface area contributed by atoms with Crippen LogP contribution in [0.15, 0.2) is 24.3 Å². The topological polar surface area (TPSA) is 56.6 Å². The van der Waals surface area contributed by atoms with Crippen LogP contribution in [0.5, 0.6) is 5.75 Å². The standard InChI is InChI=1S/C19H25N3O2/c20-10-9-16-5-7-18(8-6-16)24-15-19(23)22-13-3-4-17(14-22)21-11-1-2-12-21/h5-8,17H,1-4,9,11-15H2. The number of piperidine rings is 1. The first-order valence-electron chi connectivity index (χ1n) is 8.87. The van der Waals surface area contributed by atoms with E-state index in [0.717, 1.165) is 25.1 Å². The number of likely N-dealkylation sites (tertiary alicyclic amines) is 2. The van der Waals surface area contributed by atoms with Crippen LogP contribution in [0.25, 0.3) is 0 Å². The van der Waals surface area contributed by atoms with Crippen LogP contribution in [0.4, 0.5) is 0 Å². The molecule has 2 aliphatic heterocycles. The first-order chi connectivity index (χ1) is 11.8. The highest BCUT2D eigenvalue weighted by atomic mass is 16.5. The average molecular weight is 327 g/mol. The lowest BCUT2D eigenvalue weighted by Crippen LogP contribution is -2.50. The second-order valence-corrected chi connectivity index (χ2v) is 6.65. The first-order valence-corrected chi connectivity index (χ1v) is 8.87. The van der Waals surface area contributed by atoms with Gasteiger partial charge < -0.3 is 9.64 Å². The molecule has 0 radical (unpaired) electrons. The summed E-state index contributed by atoms with van der Waals surface area (Å²) in [4.78, 5) is 16.9. The summed E-state index contributed by atoms with van der Waals surface area (Å²) in [5.41, 5.74) is 0.959. The van der Waals surface area contributed by atoms with Crippen molar-refractivity contribution in [1.29, 1.82) is 5.26 Å². The minimum atomic E-state index is 0.0694. The third kappa shape index (κ3) is 4.27. The molecule has 0 aromatic heterocycles. The fraction of sp³-hybridized carbons (Fsp3) is 0.579. The van der Waals surface area contributed by atoms with Gasteiger partial charge in [-0.1, -0.05) is 12.1 Å². The number of ether oxygens (including phenoxy) is 1. The van der Waals surface area contributed by atoms with Crippen molar-refractivity contribution in [1.82, 2.24) is 9.80 Å². The maximum Gasteiger partial charge on any atom is 0.260 e. The molecule has 1 aromatic carbocycles. The summed E-state index contributed by atoms with van der Waals surface area (Å²) >= 11 is 0. The molecule has 2 heterocycles. The Hall–Kier alpha value is -2.06. The van der Waals surface area contributed by atoms with Crippen molar-refractivity contribution < 1.29 is 9.53 Å². The summed E-state index contributed by atoms with van der Waals surface area (Å²) in [6, 6.07) is 10.0. The SMILES string of the molecule is N#CCc1ccc(OCC(=O)N2CCCC(N3CCCC3)C2)cc1. The zero-order valence-electron chi connectivity index (χ0n) is 14.1. The number of hydrogen-bond donors (Lipinski definition) is 0. The fourth-order valence-corrected chi connectivity index (χ4v) is 3.62. The van der Waals surface area contributed by atoms with Gasteiger partial charge in [0.1, 0.15) is 5.75 Å². The molecule has 1 aromatic rings. The van der Waals surface area contributed by atoms with Crippen LogP contribution in [0, 0.1) is 11.3 Å². The van der Waals surface area contributed by atoms with Gasteiger partial charge in [-0.25, -0.2) is 0 Å². The van der Waals surface area contributed by atoms with E-state index in [9.17, 15) is 4.79 Å². The molecule has 1 atom stereocenters. The summed E-state index contributed by atoms with van der Waals surface area (Å²) in [6.07, 6.45) is 5.25.